The predicted octanol–water partition coefficient (Wildman–Crippen LogP) is 1.89. The third-order valence-electron chi connectivity index (χ3n) is 4.18. The van der Waals surface area contributed by atoms with Gasteiger partial charge in [0.1, 0.15) is 0 Å². The van der Waals surface area contributed by atoms with Gasteiger partial charge in [-0.05, 0) is 24.0 Å². The number of carbonyl (C=O) groups excluding carboxylic acids is 1. The number of nitrogens with one attached hydrogen (secondary N) is 2. The molecule has 0 bridgehead atoms. The van der Waals surface area contributed by atoms with Gasteiger partial charge in [-0.3, -0.25) is 0 Å². The quantitative estimate of drug-likeness (QED) is 0.760. The normalized spacial score (nSPS) is 26.2. The second-order valence-electron chi connectivity index (χ2n) is 5.55. The topological polar surface area (TPSA) is 61.4 Å². The minimum absolute atomic E-state index is 0.160. The Hall–Kier alpha value is -1.55. The molecule has 2 unspecified atom stereocenters. The van der Waals surface area contributed by atoms with Gasteiger partial charge >= 0.3 is 6.03 Å². The SMILES string of the molecule is O=C(NC1CCCC1)NC1c2ccccc2CC1O. The first-order valence-electron chi connectivity index (χ1n) is 7.07. The Kier molecular flexibility index (Phi) is 3.42. The van der Waals surface area contributed by atoms with Crippen molar-refractivity contribution in [3.8, 4) is 0 Å². The number of rotatable bonds is 2. The van der Waals surface area contributed by atoms with Gasteiger partial charge in [-0.1, -0.05) is 37.1 Å². The van der Waals surface area contributed by atoms with Crippen molar-refractivity contribution in [1.82, 2.24) is 10.6 Å². The van der Waals surface area contributed by atoms with E-state index in [1.807, 2.05) is 24.3 Å². The molecule has 0 aromatic heterocycles. The summed E-state index contributed by atoms with van der Waals surface area (Å²) in [6.45, 7) is 0. The molecule has 3 rings (SSSR count). The standard InChI is InChI=1S/C15H20N2O2/c18-13-9-10-5-1-4-8-12(10)14(13)17-15(19)16-11-6-2-3-7-11/h1,4-5,8,11,13-14,18H,2-3,6-7,9H2,(H2,16,17,19). The Morgan fingerprint density at radius 2 is 1.89 bits per heavy atom. The van der Waals surface area contributed by atoms with E-state index in [0.29, 0.717) is 12.5 Å². The van der Waals surface area contributed by atoms with Crippen molar-refractivity contribution in [2.45, 2.75) is 50.3 Å². The molecule has 0 radical (unpaired) electrons. The Bertz CT molecular complexity index is 469. The molecule has 2 aliphatic rings. The summed E-state index contributed by atoms with van der Waals surface area (Å²) in [5.41, 5.74) is 2.16. The number of benzene rings is 1. The number of amides is 2. The maximum absolute atomic E-state index is 12.0. The van der Waals surface area contributed by atoms with Crippen LogP contribution in [0.15, 0.2) is 24.3 Å². The number of hydrogen-bond acceptors (Lipinski definition) is 2. The molecule has 2 amide bonds. The lowest BCUT2D eigenvalue weighted by Gasteiger charge is -2.20. The van der Waals surface area contributed by atoms with E-state index in [1.54, 1.807) is 0 Å². The predicted molar refractivity (Wildman–Crippen MR) is 72.8 cm³/mol. The molecule has 4 heteroatoms. The van der Waals surface area contributed by atoms with Gasteiger partial charge in [0, 0.05) is 12.5 Å². The van der Waals surface area contributed by atoms with E-state index in [4.69, 9.17) is 0 Å². The molecule has 2 atom stereocenters. The highest BCUT2D eigenvalue weighted by atomic mass is 16.3. The van der Waals surface area contributed by atoms with Crippen LogP contribution in [-0.4, -0.2) is 23.3 Å². The third kappa shape index (κ3) is 2.59. The van der Waals surface area contributed by atoms with E-state index in [1.165, 1.54) is 12.8 Å². The second-order valence-corrected chi connectivity index (χ2v) is 5.55. The zero-order valence-electron chi connectivity index (χ0n) is 10.9. The van der Waals surface area contributed by atoms with Gasteiger partial charge in [0.05, 0.1) is 12.1 Å². The van der Waals surface area contributed by atoms with Gasteiger partial charge in [-0.25, -0.2) is 4.79 Å². The second kappa shape index (κ2) is 5.21. The van der Waals surface area contributed by atoms with Crippen LogP contribution in [0.2, 0.25) is 0 Å². The van der Waals surface area contributed by atoms with Gasteiger partial charge in [0.2, 0.25) is 0 Å². The van der Waals surface area contributed by atoms with Crippen molar-refractivity contribution in [2.75, 3.05) is 0 Å². The number of urea groups is 1. The fraction of sp³-hybridized carbons (Fsp3) is 0.533. The van der Waals surface area contributed by atoms with Gasteiger partial charge < -0.3 is 15.7 Å². The molecule has 4 nitrogen and oxygen atoms in total. The third-order valence-corrected chi connectivity index (χ3v) is 4.18. The van der Waals surface area contributed by atoms with Gasteiger partial charge in [-0.2, -0.15) is 0 Å². The average Bonchev–Trinajstić information content (AvgIpc) is 2.99. The number of carbonyl (C=O) groups is 1. The highest BCUT2D eigenvalue weighted by molar-refractivity contribution is 5.75. The fourth-order valence-electron chi connectivity index (χ4n) is 3.19. The van der Waals surface area contributed by atoms with Crippen LogP contribution in [0.1, 0.15) is 42.9 Å². The van der Waals surface area contributed by atoms with E-state index < -0.39 is 6.10 Å². The van der Waals surface area contributed by atoms with Crippen LogP contribution in [0.5, 0.6) is 0 Å². The van der Waals surface area contributed by atoms with Crippen molar-refractivity contribution in [2.24, 2.45) is 0 Å². The molecular weight excluding hydrogens is 240 g/mol. The van der Waals surface area contributed by atoms with Crippen LogP contribution >= 0.6 is 0 Å². The van der Waals surface area contributed by atoms with E-state index in [-0.39, 0.29) is 12.1 Å². The molecule has 3 N–H and O–H groups in total. The fourth-order valence-corrected chi connectivity index (χ4v) is 3.19. The molecule has 19 heavy (non-hydrogen) atoms. The van der Waals surface area contributed by atoms with Crippen molar-refractivity contribution in [3.05, 3.63) is 35.4 Å². The summed E-state index contributed by atoms with van der Waals surface area (Å²) < 4.78 is 0. The molecule has 102 valence electrons. The molecule has 1 aromatic carbocycles. The Morgan fingerprint density at radius 1 is 1.16 bits per heavy atom. The molecule has 0 heterocycles. The highest BCUT2D eigenvalue weighted by Crippen LogP contribution is 2.31. The van der Waals surface area contributed by atoms with Crippen LogP contribution in [0.25, 0.3) is 0 Å². The number of aliphatic hydroxyl groups is 1. The first kappa shape index (κ1) is 12.5. The van der Waals surface area contributed by atoms with Crippen molar-refractivity contribution < 1.29 is 9.90 Å². The minimum Gasteiger partial charge on any atom is -0.390 e. The zero-order valence-corrected chi connectivity index (χ0v) is 10.9. The molecule has 0 saturated heterocycles. The summed E-state index contributed by atoms with van der Waals surface area (Å²) in [5.74, 6) is 0. The monoisotopic (exact) mass is 260 g/mol. The number of fused-ring (bicyclic) bond motifs is 1. The summed E-state index contributed by atoms with van der Waals surface area (Å²) in [4.78, 5) is 12.0. The average molecular weight is 260 g/mol. The Labute approximate surface area is 113 Å². The first-order valence-corrected chi connectivity index (χ1v) is 7.07. The zero-order chi connectivity index (χ0) is 13.2. The van der Waals surface area contributed by atoms with Crippen molar-refractivity contribution >= 4 is 6.03 Å². The molecule has 1 aromatic rings. The van der Waals surface area contributed by atoms with E-state index in [2.05, 4.69) is 10.6 Å². The summed E-state index contributed by atoms with van der Waals surface area (Å²) in [5, 5.41) is 16.0. The molecule has 0 spiro atoms. The van der Waals surface area contributed by atoms with Crippen LogP contribution < -0.4 is 10.6 Å². The molecule has 0 aliphatic heterocycles. The number of hydrogen-bond donors (Lipinski definition) is 3. The number of aliphatic hydroxyl groups excluding tert-OH is 1. The maximum Gasteiger partial charge on any atom is 0.315 e. The van der Waals surface area contributed by atoms with Gasteiger partial charge in [0.25, 0.3) is 0 Å². The van der Waals surface area contributed by atoms with Crippen LogP contribution in [0.4, 0.5) is 4.79 Å². The molecular formula is C15H20N2O2. The maximum atomic E-state index is 12.0. The smallest absolute Gasteiger partial charge is 0.315 e. The van der Waals surface area contributed by atoms with E-state index in [0.717, 1.165) is 24.0 Å². The van der Waals surface area contributed by atoms with Crippen molar-refractivity contribution in [3.63, 3.8) is 0 Å². The summed E-state index contributed by atoms with van der Waals surface area (Å²) in [6, 6.07) is 7.76. The summed E-state index contributed by atoms with van der Waals surface area (Å²) in [6.07, 6.45) is 4.62. The van der Waals surface area contributed by atoms with Crippen molar-refractivity contribution in [1.29, 1.82) is 0 Å². The minimum atomic E-state index is -0.522. The Morgan fingerprint density at radius 3 is 2.68 bits per heavy atom. The van der Waals surface area contributed by atoms with Gasteiger partial charge in [-0.15, -0.1) is 0 Å². The van der Waals surface area contributed by atoms with Crippen LogP contribution in [0.3, 0.4) is 0 Å². The summed E-state index contributed by atoms with van der Waals surface area (Å²) in [7, 11) is 0. The van der Waals surface area contributed by atoms with Crippen LogP contribution in [-0.2, 0) is 6.42 Å². The molecule has 2 aliphatic carbocycles. The van der Waals surface area contributed by atoms with E-state index >= 15 is 0 Å². The lowest BCUT2D eigenvalue weighted by atomic mass is 10.1. The largest absolute Gasteiger partial charge is 0.390 e. The first-order chi connectivity index (χ1) is 9.24. The molecule has 1 fully saturated rings. The Balaban J connectivity index is 1.64. The van der Waals surface area contributed by atoms with Crippen LogP contribution in [0, 0.1) is 0 Å². The van der Waals surface area contributed by atoms with E-state index in [9.17, 15) is 9.90 Å². The van der Waals surface area contributed by atoms with Gasteiger partial charge in [0.15, 0.2) is 0 Å². The molecule has 1 saturated carbocycles. The lowest BCUT2D eigenvalue weighted by molar-refractivity contribution is 0.142. The summed E-state index contributed by atoms with van der Waals surface area (Å²) >= 11 is 0. The lowest BCUT2D eigenvalue weighted by Crippen LogP contribution is -2.44. The highest BCUT2D eigenvalue weighted by Gasteiger charge is 2.32.